The highest BCUT2D eigenvalue weighted by Gasteiger charge is 2.18. The van der Waals surface area contributed by atoms with Gasteiger partial charge in [-0.1, -0.05) is 22.0 Å². The molecule has 2 aromatic carbocycles. The number of hydrogen-bond donors (Lipinski definition) is 0. The minimum atomic E-state index is -0.224. The first kappa shape index (κ1) is 16.2. The lowest BCUT2D eigenvalue weighted by Crippen LogP contribution is -2.01. The van der Waals surface area contributed by atoms with Crippen LogP contribution in [-0.2, 0) is 0 Å². The number of methoxy groups -OCH3 is 2. The molecule has 0 heterocycles. The van der Waals surface area contributed by atoms with Gasteiger partial charge in [0, 0.05) is 4.47 Å². The van der Waals surface area contributed by atoms with Crippen LogP contribution in [0.25, 0.3) is 0 Å². The van der Waals surface area contributed by atoms with E-state index in [-0.39, 0.29) is 5.38 Å². The van der Waals surface area contributed by atoms with Crippen LogP contribution in [0.1, 0.15) is 27.6 Å². The highest BCUT2D eigenvalue weighted by molar-refractivity contribution is 9.10. The van der Waals surface area contributed by atoms with Gasteiger partial charge in [-0.05, 0) is 60.4 Å². The number of rotatable bonds is 4. The molecule has 1 atom stereocenters. The van der Waals surface area contributed by atoms with Gasteiger partial charge in [0.1, 0.15) is 0 Å². The summed E-state index contributed by atoms with van der Waals surface area (Å²) < 4.78 is 11.8. The first-order valence-electron chi connectivity index (χ1n) is 6.60. The number of benzene rings is 2. The van der Waals surface area contributed by atoms with E-state index in [1.807, 2.05) is 31.2 Å². The third-order valence-corrected chi connectivity index (χ3v) is 4.51. The molecule has 2 rings (SSSR count). The molecule has 0 aliphatic heterocycles. The molecule has 0 radical (unpaired) electrons. The van der Waals surface area contributed by atoms with Crippen LogP contribution in [0.4, 0.5) is 0 Å². The number of aryl methyl sites for hydroxylation is 2. The second-order valence-corrected chi connectivity index (χ2v) is 6.28. The zero-order valence-corrected chi connectivity index (χ0v) is 14.9. The lowest BCUT2D eigenvalue weighted by atomic mass is 9.96. The van der Waals surface area contributed by atoms with Crippen molar-refractivity contribution in [3.63, 3.8) is 0 Å². The molecule has 0 aliphatic carbocycles. The van der Waals surface area contributed by atoms with Crippen molar-refractivity contribution in [1.82, 2.24) is 0 Å². The van der Waals surface area contributed by atoms with E-state index in [0.29, 0.717) is 5.75 Å². The van der Waals surface area contributed by atoms with Crippen molar-refractivity contribution < 1.29 is 9.47 Å². The van der Waals surface area contributed by atoms with Gasteiger partial charge in [-0.15, -0.1) is 11.6 Å². The standard InChI is InChI=1S/C17H18BrClO2/c1-10-7-12(18)5-6-13(10)17(19)14-9-16(21-4)15(20-3)8-11(14)2/h5-9,17H,1-4H3. The van der Waals surface area contributed by atoms with Crippen molar-refractivity contribution >= 4 is 27.5 Å². The fraction of sp³-hybridized carbons (Fsp3) is 0.294. The maximum atomic E-state index is 6.71. The fourth-order valence-corrected chi connectivity index (χ4v) is 3.32. The zero-order valence-electron chi connectivity index (χ0n) is 12.5. The summed E-state index contributed by atoms with van der Waals surface area (Å²) in [6.07, 6.45) is 0. The summed E-state index contributed by atoms with van der Waals surface area (Å²) in [4.78, 5) is 0. The predicted molar refractivity (Wildman–Crippen MR) is 90.9 cm³/mol. The Morgan fingerprint density at radius 3 is 2.05 bits per heavy atom. The molecule has 0 aliphatic rings. The molecule has 2 aromatic rings. The maximum Gasteiger partial charge on any atom is 0.161 e. The van der Waals surface area contributed by atoms with E-state index in [0.717, 1.165) is 32.5 Å². The average Bonchev–Trinajstić information content (AvgIpc) is 2.46. The minimum Gasteiger partial charge on any atom is -0.493 e. The molecule has 2 nitrogen and oxygen atoms in total. The molecule has 0 amide bonds. The zero-order chi connectivity index (χ0) is 15.6. The molecule has 0 fully saturated rings. The molecule has 4 heteroatoms. The Labute approximate surface area is 139 Å². The molecule has 0 bridgehead atoms. The highest BCUT2D eigenvalue weighted by Crippen LogP contribution is 2.39. The molecule has 0 N–H and O–H groups in total. The Hall–Kier alpha value is -1.19. The highest BCUT2D eigenvalue weighted by atomic mass is 79.9. The van der Waals surface area contributed by atoms with Gasteiger partial charge in [-0.3, -0.25) is 0 Å². The van der Waals surface area contributed by atoms with Crippen LogP contribution in [0.3, 0.4) is 0 Å². The molecule has 21 heavy (non-hydrogen) atoms. The molecular weight excluding hydrogens is 352 g/mol. The summed E-state index contributed by atoms with van der Waals surface area (Å²) in [5, 5.41) is -0.224. The van der Waals surface area contributed by atoms with E-state index in [2.05, 4.69) is 28.9 Å². The van der Waals surface area contributed by atoms with Crippen molar-refractivity contribution in [2.75, 3.05) is 14.2 Å². The lowest BCUT2D eigenvalue weighted by molar-refractivity contribution is 0.354. The second-order valence-electron chi connectivity index (χ2n) is 4.93. The molecule has 0 saturated heterocycles. The molecule has 0 saturated carbocycles. The quantitative estimate of drug-likeness (QED) is 0.671. The fourth-order valence-electron chi connectivity index (χ4n) is 2.36. The molecule has 0 aromatic heterocycles. The smallest absolute Gasteiger partial charge is 0.161 e. The summed E-state index contributed by atoms with van der Waals surface area (Å²) in [6.45, 7) is 4.09. The third-order valence-electron chi connectivity index (χ3n) is 3.55. The van der Waals surface area contributed by atoms with Crippen molar-refractivity contribution in [3.05, 3.63) is 57.1 Å². The van der Waals surface area contributed by atoms with E-state index in [1.54, 1.807) is 14.2 Å². The largest absolute Gasteiger partial charge is 0.493 e. The monoisotopic (exact) mass is 368 g/mol. The van der Waals surface area contributed by atoms with Crippen LogP contribution in [0.15, 0.2) is 34.8 Å². The van der Waals surface area contributed by atoms with Gasteiger partial charge in [-0.2, -0.15) is 0 Å². The SMILES string of the molecule is COc1cc(C)c(C(Cl)c2ccc(Br)cc2C)cc1OC. The van der Waals surface area contributed by atoms with Gasteiger partial charge in [0.05, 0.1) is 19.6 Å². The van der Waals surface area contributed by atoms with Gasteiger partial charge in [0.2, 0.25) is 0 Å². The first-order chi connectivity index (χ1) is 9.97. The van der Waals surface area contributed by atoms with E-state index in [1.165, 1.54) is 0 Å². The second kappa shape index (κ2) is 6.71. The minimum absolute atomic E-state index is 0.224. The van der Waals surface area contributed by atoms with E-state index in [4.69, 9.17) is 21.1 Å². The summed E-state index contributed by atoms with van der Waals surface area (Å²) in [5.41, 5.74) is 4.35. The summed E-state index contributed by atoms with van der Waals surface area (Å²) >= 11 is 10.2. The molecule has 1 unspecified atom stereocenters. The Bertz CT molecular complexity index is 655. The van der Waals surface area contributed by atoms with Gasteiger partial charge >= 0.3 is 0 Å². The van der Waals surface area contributed by atoms with E-state index >= 15 is 0 Å². The van der Waals surface area contributed by atoms with E-state index in [9.17, 15) is 0 Å². The van der Waals surface area contributed by atoms with Gasteiger partial charge in [-0.25, -0.2) is 0 Å². The molecule has 0 spiro atoms. The van der Waals surface area contributed by atoms with Gasteiger partial charge < -0.3 is 9.47 Å². The Morgan fingerprint density at radius 2 is 1.48 bits per heavy atom. The van der Waals surface area contributed by atoms with Crippen molar-refractivity contribution in [1.29, 1.82) is 0 Å². The third kappa shape index (κ3) is 3.35. The first-order valence-corrected chi connectivity index (χ1v) is 7.83. The number of hydrogen-bond acceptors (Lipinski definition) is 2. The van der Waals surface area contributed by atoms with Gasteiger partial charge in [0.25, 0.3) is 0 Å². The Kier molecular flexibility index (Phi) is 5.17. The van der Waals surface area contributed by atoms with Gasteiger partial charge in [0.15, 0.2) is 11.5 Å². The van der Waals surface area contributed by atoms with E-state index < -0.39 is 0 Å². The normalized spacial score (nSPS) is 12.1. The number of alkyl halides is 1. The van der Waals surface area contributed by atoms with Crippen LogP contribution in [0.2, 0.25) is 0 Å². The Morgan fingerprint density at radius 1 is 0.905 bits per heavy atom. The van der Waals surface area contributed by atoms with Crippen molar-refractivity contribution in [3.8, 4) is 11.5 Å². The number of ether oxygens (including phenoxy) is 2. The average molecular weight is 370 g/mol. The molecular formula is C17H18BrClO2. The summed E-state index contributed by atoms with van der Waals surface area (Å²) in [5.74, 6) is 1.41. The van der Waals surface area contributed by atoms with Crippen LogP contribution >= 0.6 is 27.5 Å². The Balaban J connectivity index is 2.50. The van der Waals surface area contributed by atoms with Crippen LogP contribution in [0.5, 0.6) is 11.5 Å². The number of halogens is 2. The van der Waals surface area contributed by atoms with Crippen LogP contribution in [-0.4, -0.2) is 14.2 Å². The maximum absolute atomic E-state index is 6.71. The summed E-state index contributed by atoms with van der Waals surface area (Å²) in [7, 11) is 3.26. The predicted octanol–water partition coefficient (Wildman–Crippen LogP) is 5.41. The topological polar surface area (TPSA) is 18.5 Å². The lowest BCUT2D eigenvalue weighted by Gasteiger charge is -2.18. The van der Waals surface area contributed by atoms with Crippen molar-refractivity contribution in [2.45, 2.75) is 19.2 Å². The van der Waals surface area contributed by atoms with Crippen LogP contribution in [0, 0.1) is 13.8 Å². The van der Waals surface area contributed by atoms with Crippen molar-refractivity contribution in [2.24, 2.45) is 0 Å². The molecule has 112 valence electrons. The van der Waals surface area contributed by atoms with Crippen LogP contribution < -0.4 is 9.47 Å². The summed E-state index contributed by atoms with van der Waals surface area (Å²) in [6, 6.07) is 10.0.